The Bertz CT molecular complexity index is 431. The molecule has 1 aromatic rings. The molecule has 0 spiro atoms. The molecule has 0 amide bonds. The minimum atomic E-state index is -0.152. The van der Waals surface area contributed by atoms with Crippen LogP contribution in [0.1, 0.15) is 33.2 Å². The smallest absolute Gasteiger partial charge is 0.283 e. The molecule has 0 aliphatic rings. The maximum absolute atomic E-state index is 11.9. The molecule has 0 fully saturated rings. The van der Waals surface area contributed by atoms with Gasteiger partial charge >= 0.3 is 0 Å². The lowest BCUT2D eigenvalue weighted by molar-refractivity contribution is 0.282. The van der Waals surface area contributed by atoms with Gasteiger partial charge in [0.1, 0.15) is 4.47 Å². The third kappa shape index (κ3) is 3.54. The quantitative estimate of drug-likeness (QED) is 0.870. The van der Waals surface area contributed by atoms with Crippen LogP contribution < -0.4 is 10.9 Å². The van der Waals surface area contributed by atoms with Crippen molar-refractivity contribution in [3.63, 3.8) is 0 Å². The Morgan fingerprint density at radius 3 is 2.71 bits per heavy atom. The van der Waals surface area contributed by atoms with E-state index in [9.17, 15) is 4.79 Å². The monoisotopic (exact) mass is 303 g/mol. The molecular weight excluding hydrogens is 286 g/mol. The summed E-state index contributed by atoms with van der Waals surface area (Å²) in [5, 5.41) is 16.1. The Morgan fingerprint density at radius 1 is 1.53 bits per heavy atom. The van der Waals surface area contributed by atoms with Crippen molar-refractivity contribution in [1.29, 1.82) is 0 Å². The van der Waals surface area contributed by atoms with E-state index in [1.807, 2.05) is 20.8 Å². The highest BCUT2D eigenvalue weighted by Crippen LogP contribution is 2.18. The molecule has 6 heteroatoms. The number of aliphatic hydroxyl groups excluding tert-OH is 1. The number of nitrogens with one attached hydrogen (secondary N) is 1. The molecule has 0 aliphatic carbocycles. The molecule has 0 saturated carbocycles. The van der Waals surface area contributed by atoms with Gasteiger partial charge in [0.2, 0.25) is 0 Å². The van der Waals surface area contributed by atoms with Crippen molar-refractivity contribution < 1.29 is 5.11 Å². The number of hydrogen-bond donors (Lipinski definition) is 2. The molecule has 2 N–H and O–H groups in total. The Balaban J connectivity index is 2.97. The third-order valence-corrected chi connectivity index (χ3v) is 3.16. The van der Waals surface area contributed by atoms with Crippen LogP contribution in [0.25, 0.3) is 0 Å². The van der Waals surface area contributed by atoms with Gasteiger partial charge in [-0.2, -0.15) is 5.10 Å². The first kappa shape index (κ1) is 14.2. The van der Waals surface area contributed by atoms with Crippen LogP contribution in [0.4, 0.5) is 5.69 Å². The average Bonchev–Trinajstić information content (AvgIpc) is 2.25. The minimum Gasteiger partial charge on any atom is -0.396 e. The number of aliphatic hydroxyl groups is 1. The molecule has 17 heavy (non-hydrogen) atoms. The minimum absolute atomic E-state index is 0.0303. The summed E-state index contributed by atoms with van der Waals surface area (Å²) in [6, 6.07) is 0.120. The number of halogens is 1. The zero-order valence-electron chi connectivity index (χ0n) is 10.3. The largest absolute Gasteiger partial charge is 0.396 e. The zero-order chi connectivity index (χ0) is 13.0. The normalized spacial score (nSPS) is 12.8. The first-order chi connectivity index (χ1) is 7.97. The van der Waals surface area contributed by atoms with Gasteiger partial charge in [0, 0.05) is 12.6 Å². The SMILES string of the molecule is CC(CCO)Nc1cnn(C(C)C)c(=O)c1Br. The first-order valence-corrected chi connectivity index (χ1v) is 6.41. The topological polar surface area (TPSA) is 67.2 Å². The van der Waals surface area contributed by atoms with Crippen LogP contribution in [-0.4, -0.2) is 27.5 Å². The van der Waals surface area contributed by atoms with Crippen LogP contribution in [0.15, 0.2) is 15.5 Å². The van der Waals surface area contributed by atoms with Crippen LogP contribution in [-0.2, 0) is 0 Å². The number of nitrogens with zero attached hydrogens (tertiary/aromatic N) is 2. The zero-order valence-corrected chi connectivity index (χ0v) is 11.9. The highest BCUT2D eigenvalue weighted by atomic mass is 79.9. The molecule has 0 saturated heterocycles. The van der Waals surface area contributed by atoms with Gasteiger partial charge in [-0.15, -0.1) is 0 Å². The number of rotatable bonds is 5. The second-order valence-corrected chi connectivity index (χ2v) is 5.07. The van der Waals surface area contributed by atoms with Crippen molar-refractivity contribution in [1.82, 2.24) is 9.78 Å². The van der Waals surface area contributed by atoms with Gasteiger partial charge in [0.25, 0.3) is 5.56 Å². The van der Waals surface area contributed by atoms with Crippen LogP contribution in [0.3, 0.4) is 0 Å². The molecule has 0 aromatic carbocycles. The molecule has 1 atom stereocenters. The molecule has 1 rings (SSSR count). The second kappa shape index (κ2) is 6.16. The summed E-state index contributed by atoms with van der Waals surface area (Å²) in [7, 11) is 0. The van der Waals surface area contributed by atoms with E-state index in [1.165, 1.54) is 4.68 Å². The van der Waals surface area contributed by atoms with Crippen LogP contribution in [0.5, 0.6) is 0 Å². The maximum Gasteiger partial charge on any atom is 0.283 e. The van der Waals surface area contributed by atoms with Gasteiger partial charge in [-0.1, -0.05) is 0 Å². The van der Waals surface area contributed by atoms with Crippen molar-refractivity contribution in [2.45, 2.75) is 39.3 Å². The summed E-state index contributed by atoms with van der Waals surface area (Å²) in [6.45, 7) is 5.86. The summed E-state index contributed by atoms with van der Waals surface area (Å²) in [5.74, 6) is 0. The van der Waals surface area contributed by atoms with Crippen molar-refractivity contribution in [2.75, 3.05) is 11.9 Å². The number of hydrogen-bond acceptors (Lipinski definition) is 4. The van der Waals surface area contributed by atoms with Crippen molar-refractivity contribution in [2.24, 2.45) is 0 Å². The molecule has 96 valence electrons. The van der Waals surface area contributed by atoms with Gasteiger partial charge in [0.15, 0.2) is 0 Å². The summed E-state index contributed by atoms with van der Waals surface area (Å²) in [5.41, 5.74) is 0.508. The summed E-state index contributed by atoms with van der Waals surface area (Å²) in [4.78, 5) is 11.9. The van der Waals surface area contributed by atoms with E-state index in [4.69, 9.17) is 5.11 Å². The van der Waals surface area contributed by atoms with Crippen LogP contribution in [0, 0.1) is 0 Å². The fourth-order valence-electron chi connectivity index (χ4n) is 1.44. The van der Waals surface area contributed by atoms with Crippen molar-refractivity contribution in [3.8, 4) is 0 Å². The lowest BCUT2D eigenvalue weighted by Crippen LogP contribution is -2.27. The van der Waals surface area contributed by atoms with Crippen molar-refractivity contribution >= 4 is 21.6 Å². The van der Waals surface area contributed by atoms with Crippen molar-refractivity contribution in [3.05, 3.63) is 21.0 Å². The molecule has 0 bridgehead atoms. The highest BCUT2D eigenvalue weighted by molar-refractivity contribution is 9.10. The van der Waals surface area contributed by atoms with Gasteiger partial charge in [-0.05, 0) is 43.1 Å². The first-order valence-electron chi connectivity index (χ1n) is 5.62. The second-order valence-electron chi connectivity index (χ2n) is 4.27. The van der Waals surface area contributed by atoms with E-state index < -0.39 is 0 Å². The van der Waals surface area contributed by atoms with Gasteiger partial charge in [0.05, 0.1) is 17.9 Å². The maximum atomic E-state index is 11.9. The highest BCUT2D eigenvalue weighted by Gasteiger charge is 2.12. The molecular formula is C11H18BrN3O2. The Labute approximate surface area is 109 Å². The van der Waals surface area contributed by atoms with E-state index in [0.717, 1.165) is 0 Å². The van der Waals surface area contributed by atoms with E-state index in [0.29, 0.717) is 16.6 Å². The lowest BCUT2D eigenvalue weighted by Gasteiger charge is -2.16. The summed E-state index contributed by atoms with van der Waals surface area (Å²) >= 11 is 3.28. The standard InChI is InChI=1S/C11H18BrN3O2/c1-7(2)15-11(17)10(12)9(6-13-15)14-8(3)4-5-16/h6-8,14,16H,4-5H2,1-3H3. The van der Waals surface area contributed by atoms with Crippen LogP contribution >= 0.6 is 15.9 Å². The van der Waals surface area contributed by atoms with Gasteiger partial charge < -0.3 is 10.4 Å². The Morgan fingerprint density at radius 2 is 2.18 bits per heavy atom. The lowest BCUT2D eigenvalue weighted by atomic mass is 10.2. The van der Waals surface area contributed by atoms with Gasteiger partial charge in [-0.25, -0.2) is 4.68 Å². The fourth-order valence-corrected chi connectivity index (χ4v) is 1.84. The van der Waals surface area contributed by atoms with E-state index in [-0.39, 0.29) is 24.2 Å². The molecule has 0 radical (unpaired) electrons. The predicted molar refractivity (Wildman–Crippen MR) is 71.4 cm³/mol. The Hall–Kier alpha value is -0.880. The molecule has 1 unspecified atom stereocenters. The number of anilines is 1. The third-order valence-electron chi connectivity index (χ3n) is 2.40. The number of aromatic nitrogens is 2. The molecule has 0 aliphatic heterocycles. The fraction of sp³-hybridized carbons (Fsp3) is 0.636. The summed E-state index contributed by atoms with van der Waals surface area (Å²) < 4.78 is 1.90. The van der Waals surface area contributed by atoms with E-state index in [2.05, 4.69) is 26.3 Å². The molecule has 5 nitrogen and oxygen atoms in total. The van der Waals surface area contributed by atoms with E-state index in [1.54, 1.807) is 6.20 Å². The molecule has 1 heterocycles. The van der Waals surface area contributed by atoms with Gasteiger partial charge in [-0.3, -0.25) is 4.79 Å². The average molecular weight is 304 g/mol. The van der Waals surface area contributed by atoms with Crippen LogP contribution in [0.2, 0.25) is 0 Å². The molecule has 1 aromatic heterocycles. The summed E-state index contributed by atoms with van der Waals surface area (Å²) in [6.07, 6.45) is 2.25. The van der Waals surface area contributed by atoms with E-state index >= 15 is 0 Å². The Kier molecular flexibility index (Phi) is 5.14. The predicted octanol–water partition coefficient (Wildman–Crippen LogP) is 1.77.